The van der Waals surface area contributed by atoms with E-state index in [-0.39, 0.29) is 0 Å². The molecule has 0 aliphatic heterocycles. The summed E-state index contributed by atoms with van der Waals surface area (Å²) < 4.78 is 2.12. The topological polar surface area (TPSA) is 29.9 Å². The maximum atomic E-state index is 4.40. The molecule has 0 spiro atoms. The summed E-state index contributed by atoms with van der Waals surface area (Å²) in [5.74, 6) is 2.13. The minimum atomic E-state index is 0.587. The molecular formula is C13H23N3. The first-order valence-electron chi connectivity index (χ1n) is 6.43. The van der Waals surface area contributed by atoms with Gasteiger partial charge >= 0.3 is 0 Å². The van der Waals surface area contributed by atoms with E-state index in [1.165, 1.54) is 37.9 Å². The van der Waals surface area contributed by atoms with Gasteiger partial charge in [0.05, 0.1) is 0 Å². The van der Waals surface area contributed by atoms with Gasteiger partial charge in [0.25, 0.3) is 0 Å². The van der Waals surface area contributed by atoms with Crippen molar-refractivity contribution in [2.24, 2.45) is 13.0 Å². The third-order valence-corrected chi connectivity index (χ3v) is 3.85. The molecule has 0 amide bonds. The van der Waals surface area contributed by atoms with E-state index in [4.69, 9.17) is 0 Å². The van der Waals surface area contributed by atoms with Crippen LogP contribution in [0, 0.1) is 5.92 Å². The van der Waals surface area contributed by atoms with Crippen molar-refractivity contribution in [1.82, 2.24) is 14.9 Å². The molecule has 0 saturated heterocycles. The first-order chi connectivity index (χ1) is 7.79. The normalized spacial score (nSPS) is 19.1. The van der Waals surface area contributed by atoms with E-state index in [1.54, 1.807) is 0 Å². The van der Waals surface area contributed by atoms with Gasteiger partial charge in [-0.3, -0.25) is 0 Å². The van der Waals surface area contributed by atoms with Gasteiger partial charge in [0.15, 0.2) is 0 Å². The zero-order chi connectivity index (χ0) is 11.4. The first kappa shape index (κ1) is 11.6. The molecule has 1 unspecified atom stereocenters. The molecule has 1 aromatic rings. The van der Waals surface area contributed by atoms with Gasteiger partial charge in [0, 0.05) is 31.9 Å². The summed E-state index contributed by atoms with van der Waals surface area (Å²) in [5.41, 5.74) is 0. The van der Waals surface area contributed by atoms with Crippen molar-refractivity contribution in [2.45, 2.75) is 44.6 Å². The standard InChI is InChI=1S/C13H23N3/c1-14-12(9-11-5-3-4-6-11)10-13-15-7-8-16(13)2/h7-8,11-12,14H,3-6,9-10H2,1-2H3. The molecule has 1 fully saturated rings. The van der Waals surface area contributed by atoms with Gasteiger partial charge in [0.2, 0.25) is 0 Å². The SMILES string of the molecule is CNC(Cc1nccn1C)CC1CCCC1. The molecule has 90 valence electrons. The molecule has 1 atom stereocenters. The van der Waals surface area contributed by atoms with Gasteiger partial charge in [-0.25, -0.2) is 4.98 Å². The summed E-state index contributed by atoms with van der Waals surface area (Å²) in [7, 11) is 4.15. The van der Waals surface area contributed by atoms with E-state index < -0.39 is 0 Å². The summed E-state index contributed by atoms with van der Waals surface area (Å²) in [6, 6.07) is 0.587. The maximum Gasteiger partial charge on any atom is 0.109 e. The number of imidazole rings is 1. The number of nitrogens with zero attached hydrogens (tertiary/aromatic N) is 2. The van der Waals surface area contributed by atoms with Gasteiger partial charge in [0.1, 0.15) is 5.82 Å². The van der Waals surface area contributed by atoms with E-state index in [2.05, 4.69) is 29.0 Å². The number of nitrogens with one attached hydrogen (secondary N) is 1. The number of aryl methyl sites for hydroxylation is 1. The fourth-order valence-electron chi connectivity index (χ4n) is 2.77. The second-order valence-electron chi connectivity index (χ2n) is 5.03. The van der Waals surface area contributed by atoms with Crippen LogP contribution in [0.2, 0.25) is 0 Å². The van der Waals surface area contributed by atoms with Crippen LogP contribution in [-0.2, 0) is 13.5 Å². The van der Waals surface area contributed by atoms with Crippen LogP contribution in [0.5, 0.6) is 0 Å². The molecule has 1 aromatic heterocycles. The van der Waals surface area contributed by atoms with Gasteiger partial charge in [-0.2, -0.15) is 0 Å². The van der Waals surface area contributed by atoms with Crippen LogP contribution >= 0.6 is 0 Å². The lowest BCUT2D eigenvalue weighted by Gasteiger charge is -2.19. The lowest BCUT2D eigenvalue weighted by molar-refractivity contribution is 0.396. The van der Waals surface area contributed by atoms with E-state index in [0.29, 0.717) is 6.04 Å². The highest BCUT2D eigenvalue weighted by molar-refractivity contribution is 4.95. The van der Waals surface area contributed by atoms with E-state index in [0.717, 1.165) is 12.3 Å². The quantitative estimate of drug-likeness (QED) is 0.825. The second kappa shape index (κ2) is 5.48. The molecule has 1 aliphatic rings. The Labute approximate surface area is 98.3 Å². The van der Waals surface area contributed by atoms with E-state index in [1.807, 2.05) is 12.4 Å². The Bertz CT molecular complexity index is 313. The van der Waals surface area contributed by atoms with Crippen molar-refractivity contribution in [1.29, 1.82) is 0 Å². The highest BCUT2D eigenvalue weighted by atomic mass is 15.0. The predicted octanol–water partition coefficient (Wildman–Crippen LogP) is 2.13. The van der Waals surface area contributed by atoms with Crippen LogP contribution in [-0.4, -0.2) is 22.6 Å². The molecule has 1 heterocycles. The molecule has 0 aromatic carbocycles. The summed E-state index contributed by atoms with van der Waals surface area (Å²) in [4.78, 5) is 4.40. The Morgan fingerprint density at radius 3 is 2.81 bits per heavy atom. The molecule has 1 N–H and O–H groups in total. The van der Waals surface area contributed by atoms with Crippen molar-refractivity contribution in [3.05, 3.63) is 18.2 Å². The van der Waals surface area contributed by atoms with Gasteiger partial charge in [-0.15, -0.1) is 0 Å². The lowest BCUT2D eigenvalue weighted by atomic mass is 9.96. The van der Waals surface area contributed by atoms with Crippen LogP contribution in [0.3, 0.4) is 0 Å². The molecule has 1 aliphatic carbocycles. The predicted molar refractivity (Wildman–Crippen MR) is 66.3 cm³/mol. The average molecular weight is 221 g/mol. The van der Waals surface area contributed by atoms with Crippen molar-refractivity contribution in [3.8, 4) is 0 Å². The first-order valence-corrected chi connectivity index (χ1v) is 6.43. The molecule has 2 rings (SSSR count). The third-order valence-electron chi connectivity index (χ3n) is 3.85. The van der Waals surface area contributed by atoms with Crippen LogP contribution in [0.15, 0.2) is 12.4 Å². The second-order valence-corrected chi connectivity index (χ2v) is 5.03. The third kappa shape index (κ3) is 2.85. The number of hydrogen-bond acceptors (Lipinski definition) is 2. The van der Waals surface area contributed by atoms with Crippen LogP contribution < -0.4 is 5.32 Å². The molecule has 0 radical (unpaired) electrons. The Morgan fingerprint density at radius 1 is 1.50 bits per heavy atom. The number of rotatable bonds is 5. The molecule has 3 heteroatoms. The van der Waals surface area contributed by atoms with Crippen molar-refractivity contribution in [2.75, 3.05) is 7.05 Å². The van der Waals surface area contributed by atoms with Crippen LogP contribution in [0.25, 0.3) is 0 Å². The summed E-state index contributed by atoms with van der Waals surface area (Å²) in [6.45, 7) is 0. The number of likely N-dealkylation sites (N-methyl/N-ethyl adjacent to an activating group) is 1. The summed E-state index contributed by atoms with van der Waals surface area (Å²) in [5, 5.41) is 3.44. The molecular weight excluding hydrogens is 198 g/mol. The van der Waals surface area contributed by atoms with Crippen molar-refractivity contribution >= 4 is 0 Å². The minimum Gasteiger partial charge on any atom is -0.338 e. The Hall–Kier alpha value is -0.830. The fourth-order valence-corrected chi connectivity index (χ4v) is 2.77. The average Bonchev–Trinajstić information content (AvgIpc) is 2.90. The van der Waals surface area contributed by atoms with Crippen molar-refractivity contribution < 1.29 is 0 Å². The van der Waals surface area contributed by atoms with E-state index in [9.17, 15) is 0 Å². The fraction of sp³-hybridized carbons (Fsp3) is 0.769. The molecule has 1 saturated carbocycles. The van der Waals surface area contributed by atoms with Gasteiger partial charge in [-0.1, -0.05) is 25.7 Å². The van der Waals surface area contributed by atoms with Crippen LogP contribution in [0.1, 0.15) is 37.9 Å². The highest BCUT2D eigenvalue weighted by Gasteiger charge is 2.20. The maximum absolute atomic E-state index is 4.40. The molecule has 3 nitrogen and oxygen atoms in total. The molecule has 0 bridgehead atoms. The van der Waals surface area contributed by atoms with Crippen molar-refractivity contribution in [3.63, 3.8) is 0 Å². The monoisotopic (exact) mass is 221 g/mol. The zero-order valence-corrected chi connectivity index (χ0v) is 10.4. The zero-order valence-electron chi connectivity index (χ0n) is 10.4. The van der Waals surface area contributed by atoms with E-state index >= 15 is 0 Å². The lowest BCUT2D eigenvalue weighted by Crippen LogP contribution is -2.30. The Kier molecular flexibility index (Phi) is 3.99. The number of hydrogen-bond donors (Lipinski definition) is 1. The minimum absolute atomic E-state index is 0.587. The largest absolute Gasteiger partial charge is 0.338 e. The Morgan fingerprint density at radius 2 is 2.25 bits per heavy atom. The Balaban J connectivity index is 1.87. The smallest absolute Gasteiger partial charge is 0.109 e. The molecule has 16 heavy (non-hydrogen) atoms. The van der Waals surface area contributed by atoms with Gasteiger partial charge < -0.3 is 9.88 Å². The summed E-state index contributed by atoms with van der Waals surface area (Å²) in [6.07, 6.45) is 12.0. The number of aromatic nitrogens is 2. The van der Waals surface area contributed by atoms with Crippen LogP contribution in [0.4, 0.5) is 0 Å². The highest BCUT2D eigenvalue weighted by Crippen LogP contribution is 2.29. The summed E-state index contributed by atoms with van der Waals surface area (Å²) >= 11 is 0. The van der Waals surface area contributed by atoms with Gasteiger partial charge in [-0.05, 0) is 19.4 Å².